The van der Waals surface area contributed by atoms with Crippen LogP contribution in [0.1, 0.15) is 11.1 Å². The summed E-state index contributed by atoms with van der Waals surface area (Å²) in [4.78, 5) is 41.3. The molecule has 12 heteroatoms. The molecule has 6 heterocycles. The Labute approximate surface area is 319 Å². The third kappa shape index (κ3) is 6.24. The van der Waals surface area contributed by atoms with Crippen molar-refractivity contribution in [2.45, 2.75) is 13.8 Å². The Hall–Kier alpha value is -5.40. The van der Waals surface area contributed by atoms with E-state index in [4.69, 9.17) is 19.4 Å². The Bertz CT molecular complexity index is 2570. The number of aryl methyl sites for hydroxylation is 2. The van der Waals surface area contributed by atoms with Crippen LogP contribution in [0.25, 0.3) is 52.0 Å². The monoisotopic (exact) mass is 754 g/mol. The average molecular weight is 755 g/mol. The predicted octanol–water partition coefficient (Wildman–Crippen LogP) is 7.49. The molecule has 0 amide bonds. The number of hydrogen-bond donors (Lipinski definition) is 0. The van der Waals surface area contributed by atoms with Crippen LogP contribution in [0, 0.1) is 13.8 Å². The van der Waals surface area contributed by atoms with E-state index in [0.29, 0.717) is 47.7 Å². The SMILES string of the molecule is Cc1ccc(-n2c(N3CCOCC3)nc3c(sc4ccccc43)c2=O)cc1.Cc1ccc(-n2c(N3CCOCC3)nc3c(sc4ccccc43)c2=O)cc1. The van der Waals surface area contributed by atoms with Crippen molar-refractivity contribution in [1.82, 2.24) is 19.1 Å². The molecular formula is C42H38N6O4S2. The number of benzene rings is 4. The zero-order valence-corrected chi connectivity index (χ0v) is 31.7. The third-order valence-corrected chi connectivity index (χ3v) is 12.2. The normalized spacial score (nSPS) is 14.9. The number of morpholine rings is 2. The van der Waals surface area contributed by atoms with E-state index in [9.17, 15) is 9.59 Å². The van der Waals surface area contributed by atoms with E-state index in [1.54, 1.807) is 9.13 Å². The van der Waals surface area contributed by atoms with Crippen LogP contribution < -0.4 is 20.9 Å². The van der Waals surface area contributed by atoms with E-state index in [-0.39, 0.29) is 11.1 Å². The van der Waals surface area contributed by atoms with E-state index < -0.39 is 0 Å². The molecule has 0 saturated carbocycles. The summed E-state index contributed by atoms with van der Waals surface area (Å²) < 4.78 is 18.1. The highest BCUT2D eigenvalue weighted by molar-refractivity contribution is 7.26. The van der Waals surface area contributed by atoms with Gasteiger partial charge in [-0.05, 0) is 50.2 Å². The number of anilines is 2. The molecule has 272 valence electrons. The molecule has 2 saturated heterocycles. The summed E-state index contributed by atoms with van der Waals surface area (Å²) in [6, 6.07) is 32.2. The van der Waals surface area contributed by atoms with Crippen molar-refractivity contribution in [2.75, 3.05) is 62.4 Å². The molecule has 2 aliphatic heterocycles. The second-order valence-electron chi connectivity index (χ2n) is 13.5. The summed E-state index contributed by atoms with van der Waals surface area (Å²) in [5, 5.41) is 2.08. The van der Waals surface area contributed by atoms with Gasteiger partial charge in [0.1, 0.15) is 9.40 Å². The Morgan fingerprint density at radius 3 is 1.28 bits per heavy atom. The zero-order valence-electron chi connectivity index (χ0n) is 30.0. The Morgan fingerprint density at radius 2 is 0.889 bits per heavy atom. The maximum Gasteiger partial charge on any atom is 0.277 e. The van der Waals surface area contributed by atoms with E-state index in [1.165, 1.54) is 22.7 Å². The van der Waals surface area contributed by atoms with Gasteiger partial charge in [-0.2, -0.15) is 0 Å². The largest absolute Gasteiger partial charge is 0.378 e. The topological polar surface area (TPSA) is 94.7 Å². The second-order valence-corrected chi connectivity index (χ2v) is 15.6. The number of thiophene rings is 2. The first-order valence-corrected chi connectivity index (χ1v) is 19.8. The first-order chi connectivity index (χ1) is 26.4. The van der Waals surface area contributed by atoms with Crippen LogP contribution in [0.2, 0.25) is 0 Å². The zero-order chi connectivity index (χ0) is 36.8. The first-order valence-electron chi connectivity index (χ1n) is 18.1. The molecule has 0 unspecified atom stereocenters. The van der Waals surface area contributed by atoms with Gasteiger partial charge in [0, 0.05) is 46.4 Å². The molecular weight excluding hydrogens is 717 g/mol. The van der Waals surface area contributed by atoms with Gasteiger partial charge in [-0.1, -0.05) is 71.8 Å². The van der Waals surface area contributed by atoms with Gasteiger partial charge in [-0.15, -0.1) is 22.7 Å². The van der Waals surface area contributed by atoms with E-state index in [2.05, 4.69) is 9.80 Å². The van der Waals surface area contributed by atoms with Gasteiger partial charge in [0.15, 0.2) is 0 Å². The second kappa shape index (κ2) is 14.4. The minimum atomic E-state index is -0.00783. The summed E-state index contributed by atoms with van der Waals surface area (Å²) >= 11 is 3.03. The smallest absolute Gasteiger partial charge is 0.277 e. The van der Waals surface area contributed by atoms with E-state index in [1.807, 2.05) is 111 Å². The first kappa shape index (κ1) is 34.4. The molecule has 0 bridgehead atoms. The van der Waals surface area contributed by atoms with Crippen LogP contribution in [0.3, 0.4) is 0 Å². The van der Waals surface area contributed by atoms with Crippen molar-refractivity contribution in [3.05, 3.63) is 129 Å². The van der Waals surface area contributed by atoms with Gasteiger partial charge in [-0.25, -0.2) is 19.1 Å². The predicted molar refractivity (Wildman–Crippen MR) is 221 cm³/mol. The molecule has 2 aliphatic rings. The van der Waals surface area contributed by atoms with Crippen molar-refractivity contribution in [2.24, 2.45) is 0 Å². The van der Waals surface area contributed by atoms with Crippen molar-refractivity contribution in [3.63, 3.8) is 0 Å². The fraction of sp³-hybridized carbons (Fsp3) is 0.238. The lowest BCUT2D eigenvalue weighted by atomic mass is 10.2. The maximum atomic E-state index is 13.5. The lowest BCUT2D eigenvalue weighted by Crippen LogP contribution is -2.40. The molecule has 10 nitrogen and oxygen atoms in total. The molecule has 4 aromatic heterocycles. The van der Waals surface area contributed by atoms with Crippen LogP contribution in [0.15, 0.2) is 107 Å². The highest BCUT2D eigenvalue weighted by Crippen LogP contribution is 2.34. The maximum absolute atomic E-state index is 13.5. The van der Waals surface area contributed by atoms with Gasteiger partial charge in [0.25, 0.3) is 11.1 Å². The molecule has 0 spiro atoms. The van der Waals surface area contributed by atoms with E-state index >= 15 is 0 Å². The standard InChI is InChI=1S/2C21H19N3O2S/c2*1-14-6-8-15(9-7-14)24-20(25)19-18(16-4-2-3-5-17(16)27-19)22-21(24)23-10-12-26-13-11-23/h2*2-9H,10-13H2,1H3. The molecule has 0 aliphatic carbocycles. The quantitative estimate of drug-likeness (QED) is 0.183. The number of ether oxygens (including phenoxy) is 2. The van der Waals surface area contributed by atoms with Gasteiger partial charge < -0.3 is 19.3 Å². The highest BCUT2D eigenvalue weighted by atomic mass is 32.1. The van der Waals surface area contributed by atoms with Crippen molar-refractivity contribution in [1.29, 1.82) is 0 Å². The van der Waals surface area contributed by atoms with Gasteiger partial charge in [-0.3, -0.25) is 9.59 Å². The number of aromatic nitrogens is 4. The molecule has 54 heavy (non-hydrogen) atoms. The minimum absolute atomic E-state index is 0.00783. The number of nitrogens with zero attached hydrogens (tertiary/aromatic N) is 6. The third-order valence-electron chi connectivity index (χ3n) is 9.93. The Kier molecular flexibility index (Phi) is 9.19. The molecule has 0 atom stereocenters. The molecule has 0 N–H and O–H groups in total. The lowest BCUT2D eigenvalue weighted by molar-refractivity contribution is 0.121. The Balaban J connectivity index is 0.000000142. The lowest BCUT2D eigenvalue weighted by Gasteiger charge is -2.29. The van der Waals surface area contributed by atoms with Crippen molar-refractivity contribution >= 4 is 75.2 Å². The number of fused-ring (bicyclic) bond motifs is 6. The molecule has 10 rings (SSSR count). The number of hydrogen-bond acceptors (Lipinski definition) is 10. The summed E-state index contributed by atoms with van der Waals surface area (Å²) in [6.45, 7) is 9.58. The Morgan fingerprint density at radius 1 is 0.519 bits per heavy atom. The highest BCUT2D eigenvalue weighted by Gasteiger charge is 2.24. The van der Waals surface area contributed by atoms with Crippen LogP contribution in [-0.4, -0.2) is 71.7 Å². The summed E-state index contributed by atoms with van der Waals surface area (Å²) in [7, 11) is 0. The fourth-order valence-corrected chi connectivity index (χ4v) is 9.21. The molecule has 2 fully saturated rings. The van der Waals surface area contributed by atoms with Gasteiger partial charge >= 0.3 is 0 Å². The van der Waals surface area contributed by atoms with Gasteiger partial charge in [0.05, 0.1) is 48.8 Å². The van der Waals surface area contributed by atoms with Crippen LogP contribution in [0.5, 0.6) is 0 Å². The van der Waals surface area contributed by atoms with Crippen LogP contribution >= 0.6 is 22.7 Å². The van der Waals surface area contributed by atoms with Crippen molar-refractivity contribution in [3.8, 4) is 11.4 Å². The summed E-state index contributed by atoms with van der Waals surface area (Å²) in [5.74, 6) is 1.39. The average Bonchev–Trinajstić information content (AvgIpc) is 3.79. The van der Waals surface area contributed by atoms with Crippen LogP contribution in [0.4, 0.5) is 11.9 Å². The van der Waals surface area contributed by atoms with Gasteiger partial charge in [0.2, 0.25) is 11.9 Å². The number of rotatable bonds is 4. The molecule has 4 aromatic carbocycles. The molecule has 0 radical (unpaired) electrons. The summed E-state index contributed by atoms with van der Waals surface area (Å²) in [5.41, 5.74) is 5.60. The van der Waals surface area contributed by atoms with E-state index in [0.717, 1.165) is 79.9 Å². The molecule has 8 aromatic rings. The van der Waals surface area contributed by atoms with Crippen molar-refractivity contribution < 1.29 is 9.47 Å². The fourth-order valence-electron chi connectivity index (χ4n) is 7.06. The summed E-state index contributed by atoms with van der Waals surface area (Å²) in [6.07, 6.45) is 0. The van der Waals surface area contributed by atoms with Crippen LogP contribution in [-0.2, 0) is 9.47 Å². The minimum Gasteiger partial charge on any atom is -0.378 e.